The lowest BCUT2D eigenvalue weighted by atomic mass is 10.1. The number of nitrogens with one attached hydrogen (secondary N) is 1. The van der Waals surface area contributed by atoms with E-state index in [4.69, 9.17) is 10.5 Å². The molecule has 7 heteroatoms. The number of ether oxygens (including phenoxy) is 1. The summed E-state index contributed by atoms with van der Waals surface area (Å²) in [6, 6.07) is 2.01. The van der Waals surface area contributed by atoms with E-state index in [9.17, 15) is 0 Å². The third-order valence-corrected chi connectivity index (χ3v) is 4.48. The van der Waals surface area contributed by atoms with Crippen LogP contribution in [0.3, 0.4) is 0 Å². The van der Waals surface area contributed by atoms with Crippen LogP contribution in [0.4, 0.5) is 11.8 Å². The summed E-state index contributed by atoms with van der Waals surface area (Å²) >= 11 is 3.92. The van der Waals surface area contributed by atoms with Gasteiger partial charge in [-0.1, -0.05) is 0 Å². The predicted octanol–water partition coefficient (Wildman–Crippen LogP) is 2.71. The van der Waals surface area contributed by atoms with E-state index in [1.54, 1.807) is 18.4 Å². The summed E-state index contributed by atoms with van der Waals surface area (Å²) in [7, 11) is 1.69. The lowest BCUT2D eigenvalue weighted by Crippen LogP contribution is -2.32. The maximum Gasteiger partial charge on any atom is 0.222 e. The van der Waals surface area contributed by atoms with E-state index in [-0.39, 0.29) is 11.5 Å². The standard InChI is InChI=1S/C11H15IN4OS/c1-11(2,17-3)5-14-9-8-6(4-7(12)18-8)15-10(13)16-9/h4H,5H2,1-3H3,(H3,13,14,15,16). The fourth-order valence-electron chi connectivity index (χ4n) is 1.41. The van der Waals surface area contributed by atoms with Gasteiger partial charge in [-0.3, -0.25) is 0 Å². The minimum atomic E-state index is -0.254. The summed E-state index contributed by atoms with van der Waals surface area (Å²) in [5, 5.41) is 3.28. The smallest absolute Gasteiger partial charge is 0.222 e. The summed E-state index contributed by atoms with van der Waals surface area (Å²) in [5.41, 5.74) is 6.34. The van der Waals surface area contributed by atoms with Crippen molar-refractivity contribution in [1.82, 2.24) is 9.97 Å². The first-order valence-electron chi connectivity index (χ1n) is 5.43. The van der Waals surface area contributed by atoms with E-state index >= 15 is 0 Å². The van der Waals surface area contributed by atoms with Crippen LogP contribution in [0.1, 0.15) is 13.8 Å². The summed E-state index contributed by atoms with van der Waals surface area (Å²) in [6.07, 6.45) is 0. The predicted molar refractivity (Wildman–Crippen MR) is 84.1 cm³/mol. The highest BCUT2D eigenvalue weighted by Gasteiger charge is 2.18. The molecule has 2 heterocycles. The van der Waals surface area contributed by atoms with Crippen LogP contribution >= 0.6 is 33.9 Å². The molecule has 0 unspecified atom stereocenters. The molecule has 0 bridgehead atoms. The first-order valence-corrected chi connectivity index (χ1v) is 7.32. The number of halogens is 1. The van der Waals surface area contributed by atoms with Crippen LogP contribution in [0.2, 0.25) is 0 Å². The molecule has 18 heavy (non-hydrogen) atoms. The fourth-order valence-corrected chi connectivity index (χ4v) is 3.15. The van der Waals surface area contributed by atoms with Gasteiger partial charge in [-0.15, -0.1) is 11.3 Å². The van der Waals surface area contributed by atoms with Gasteiger partial charge in [0.25, 0.3) is 0 Å². The molecule has 3 N–H and O–H groups in total. The molecule has 2 aromatic rings. The van der Waals surface area contributed by atoms with Gasteiger partial charge in [0.2, 0.25) is 5.95 Å². The highest BCUT2D eigenvalue weighted by Crippen LogP contribution is 2.31. The fraction of sp³-hybridized carbons (Fsp3) is 0.455. The lowest BCUT2D eigenvalue weighted by molar-refractivity contribution is 0.0343. The van der Waals surface area contributed by atoms with Crippen LogP contribution in [-0.4, -0.2) is 29.2 Å². The molecule has 0 radical (unpaired) electrons. The molecule has 0 spiro atoms. The Morgan fingerprint density at radius 3 is 2.89 bits per heavy atom. The largest absolute Gasteiger partial charge is 0.377 e. The second-order valence-electron chi connectivity index (χ2n) is 4.51. The van der Waals surface area contributed by atoms with Crippen LogP contribution in [0.15, 0.2) is 6.07 Å². The first-order chi connectivity index (χ1) is 8.41. The van der Waals surface area contributed by atoms with Crippen LogP contribution in [0.25, 0.3) is 10.2 Å². The van der Waals surface area contributed by atoms with E-state index in [2.05, 4.69) is 37.9 Å². The van der Waals surface area contributed by atoms with Crippen molar-refractivity contribution in [3.8, 4) is 0 Å². The molecule has 2 rings (SSSR count). The van der Waals surface area contributed by atoms with Crippen molar-refractivity contribution in [2.75, 3.05) is 24.7 Å². The van der Waals surface area contributed by atoms with Gasteiger partial charge < -0.3 is 15.8 Å². The van der Waals surface area contributed by atoms with Crippen molar-refractivity contribution in [2.45, 2.75) is 19.4 Å². The third kappa shape index (κ3) is 3.01. The molecule has 2 aromatic heterocycles. The third-order valence-electron chi connectivity index (χ3n) is 2.59. The average Bonchev–Trinajstić information content (AvgIpc) is 2.66. The van der Waals surface area contributed by atoms with Gasteiger partial charge in [-0.2, -0.15) is 4.98 Å². The van der Waals surface area contributed by atoms with Crippen LogP contribution in [0, 0.1) is 2.88 Å². The monoisotopic (exact) mass is 378 g/mol. The molecule has 0 aliphatic rings. The van der Waals surface area contributed by atoms with Crippen LogP contribution in [-0.2, 0) is 4.74 Å². The molecule has 0 saturated heterocycles. The highest BCUT2D eigenvalue weighted by atomic mass is 127. The number of thiophene rings is 1. The molecule has 0 aromatic carbocycles. The van der Waals surface area contributed by atoms with Crippen molar-refractivity contribution in [3.63, 3.8) is 0 Å². The zero-order valence-corrected chi connectivity index (χ0v) is 13.4. The van der Waals surface area contributed by atoms with Crippen molar-refractivity contribution in [2.24, 2.45) is 0 Å². The molecule has 5 nitrogen and oxygen atoms in total. The van der Waals surface area contributed by atoms with Crippen LogP contribution < -0.4 is 11.1 Å². The zero-order chi connectivity index (χ0) is 13.3. The van der Waals surface area contributed by atoms with Crippen molar-refractivity contribution >= 4 is 55.9 Å². The number of methoxy groups -OCH3 is 1. The van der Waals surface area contributed by atoms with Gasteiger partial charge in [0.05, 0.1) is 18.7 Å². The number of fused-ring (bicyclic) bond motifs is 1. The Morgan fingerprint density at radius 2 is 2.22 bits per heavy atom. The summed E-state index contributed by atoms with van der Waals surface area (Å²) in [4.78, 5) is 8.48. The van der Waals surface area contributed by atoms with Gasteiger partial charge in [0, 0.05) is 13.7 Å². The van der Waals surface area contributed by atoms with Crippen molar-refractivity contribution in [1.29, 1.82) is 0 Å². The summed E-state index contributed by atoms with van der Waals surface area (Å²) < 4.78 is 7.56. The van der Waals surface area contributed by atoms with Crippen molar-refractivity contribution in [3.05, 3.63) is 8.95 Å². The maximum absolute atomic E-state index is 5.71. The number of hydrogen-bond donors (Lipinski definition) is 2. The zero-order valence-electron chi connectivity index (χ0n) is 10.5. The summed E-state index contributed by atoms with van der Waals surface area (Å²) in [6.45, 7) is 4.68. The highest BCUT2D eigenvalue weighted by molar-refractivity contribution is 14.1. The Morgan fingerprint density at radius 1 is 1.50 bits per heavy atom. The number of aromatic nitrogens is 2. The number of hydrogen-bond acceptors (Lipinski definition) is 6. The maximum atomic E-state index is 5.71. The molecule has 0 fully saturated rings. The number of nitrogen functional groups attached to an aromatic ring is 1. The molecule has 0 saturated carbocycles. The Bertz CT molecular complexity index is 569. The second kappa shape index (κ2) is 5.14. The van der Waals surface area contributed by atoms with Gasteiger partial charge >= 0.3 is 0 Å². The number of nitrogens with zero attached hydrogens (tertiary/aromatic N) is 2. The van der Waals surface area contributed by atoms with E-state index in [1.165, 1.54) is 0 Å². The summed E-state index contributed by atoms with van der Waals surface area (Å²) in [5.74, 6) is 1.06. The molecular formula is C11H15IN4OS. The normalized spacial score (nSPS) is 12.0. The number of rotatable bonds is 4. The molecule has 0 aliphatic carbocycles. The molecule has 98 valence electrons. The van der Waals surface area contributed by atoms with Gasteiger partial charge in [0.1, 0.15) is 5.82 Å². The van der Waals surface area contributed by atoms with E-state index in [1.807, 2.05) is 19.9 Å². The second-order valence-corrected chi connectivity index (χ2v) is 7.46. The topological polar surface area (TPSA) is 73.1 Å². The first kappa shape index (κ1) is 13.8. The molecule has 0 atom stereocenters. The van der Waals surface area contributed by atoms with Gasteiger partial charge in [0.15, 0.2) is 0 Å². The van der Waals surface area contributed by atoms with E-state index in [0.29, 0.717) is 6.54 Å². The minimum Gasteiger partial charge on any atom is -0.377 e. The molecule has 0 amide bonds. The Labute approximate surface area is 123 Å². The Hall–Kier alpha value is -0.670. The average molecular weight is 378 g/mol. The number of anilines is 2. The SMILES string of the molecule is COC(C)(C)CNc1nc(N)nc2cc(I)sc12. The number of nitrogens with two attached hydrogens (primary N) is 1. The molecule has 0 aliphatic heterocycles. The van der Waals surface area contributed by atoms with Gasteiger partial charge in [-0.25, -0.2) is 4.98 Å². The van der Waals surface area contributed by atoms with E-state index in [0.717, 1.165) is 18.9 Å². The van der Waals surface area contributed by atoms with Crippen LogP contribution in [0.5, 0.6) is 0 Å². The van der Waals surface area contributed by atoms with Crippen molar-refractivity contribution < 1.29 is 4.74 Å². The Kier molecular flexibility index (Phi) is 3.93. The lowest BCUT2D eigenvalue weighted by Gasteiger charge is -2.23. The molecular weight excluding hydrogens is 363 g/mol. The Balaban J connectivity index is 2.32. The van der Waals surface area contributed by atoms with Gasteiger partial charge in [-0.05, 0) is 42.5 Å². The minimum absolute atomic E-state index is 0.254. The van der Waals surface area contributed by atoms with E-state index < -0.39 is 0 Å². The quantitative estimate of drug-likeness (QED) is 0.801.